The molecule has 2 rings (SSSR count). The third-order valence-corrected chi connectivity index (χ3v) is 7.44. The quantitative estimate of drug-likeness (QED) is 0.332. The van der Waals surface area contributed by atoms with Gasteiger partial charge in [-0.05, 0) is 25.7 Å². The molecule has 2 saturated carbocycles. The normalized spacial score (nSPS) is 22.8. The zero-order valence-electron chi connectivity index (χ0n) is 12.3. The highest BCUT2D eigenvalue weighted by Gasteiger charge is 2.37. The summed E-state index contributed by atoms with van der Waals surface area (Å²) in [5, 5.41) is 11.4. The van der Waals surface area contributed by atoms with E-state index in [1.54, 1.807) is 4.31 Å². The smallest absolute Gasteiger partial charge is 0.220 e. The van der Waals surface area contributed by atoms with Crippen LogP contribution in [0.15, 0.2) is 0 Å². The van der Waals surface area contributed by atoms with Crippen LogP contribution in [0.5, 0.6) is 0 Å². The molecule has 0 aromatic heterocycles. The molecule has 0 aromatic rings. The molecule has 0 amide bonds. The largest absolute Gasteiger partial charge is 0.226 e. The fourth-order valence-electron chi connectivity index (χ4n) is 3.59. The third-order valence-electron chi connectivity index (χ3n) is 4.47. The van der Waals surface area contributed by atoms with Gasteiger partial charge in [0.05, 0.1) is 12.0 Å². The maximum Gasteiger partial charge on any atom is 0.226 e. The first-order chi connectivity index (χ1) is 10.1. The number of sulfonamides is 1. The van der Waals surface area contributed by atoms with Gasteiger partial charge in [-0.2, -0.15) is 4.31 Å². The summed E-state index contributed by atoms with van der Waals surface area (Å²) >= 11 is 0.615. The SMILES string of the molecule is O=S(=O)(CSOOO)N(C1CCCCC1)C1CCCCC1. The van der Waals surface area contributed by atoms with Crippen LogP contribution in [0.4, 0.5) is 0 Å². The van der Waals surface area contributed by atoms with Crippen LogP contribution < -0.4 is 0 Å². The molecule has 0 heterocycles. The molecule has 1 N–H and O–H groups in total. The second-order valence-electron chi connectivity index (χ2n) is 5.90. The minimum Gasteiger partial charge on any atom is -0.220 e. The highest BCUT2D eigenvalue weighted by molar-refractivity contribution is 8.08. The lowest BCUT2D eigenvalue weighted by molar-refractivity contribution is -0.432. The molecule has 124 valence electrons. The van der Waals surface area contributed by atoms with Crippen molar-refractivity contribution in [2.75, 3.05) is 5.08 Å². The number of nitrogens with zero attached hydrogens (tertiary/aromatic N) is 1. The van der Waals surface area contributed by atoms with Crippen molar-refractivity contribution in [3.05, 3.63) is 0 Å². The van der Waals surface area contributed by atoms with Crippen LogP contribution in [-0.2, 0) is 19.4 Å². The van der Waals surface area contributed by atoms with Crippen LogP contribution in [0.3, 0.4) is 0 Å². The van der Waals surface area contributed by atoms with Gasteiger partial charge in [0.2, 0.25) is 10.0 Å². The van der Waals surface area contributed by atoms with E-state index in [2.05, 4.69) is 9.37 Å². The first-order valence-electron chi connectivity index (χ1n) is 7.76. The first kappa shape index (κ1) is 17.5. The number of hydrogen-bond donors (Lipinski definition) is 1. The molecule has 2 fully saturated rings. The summed E-state index contributed by atoms with van der Waals surface area (Å²) in [4.78, 5) is 0. The summed E-state index contributed by atoms with van der Waals surface area (Å²) in [6.07, 6.45) is 10.6. The van der Waals surface area contributed by atoms with Crippen molar-refractivity contribution in [3.63, 3.8) is 0 Å². The Bertz CT molecular complexity index is 373. The van der Waals surface area contributed by atoms with Crippen molar-refractivity contribution in [2.24, 2.45) is 0 Å². The molecule has 6 nitrogen and oxygen atoms in total. The average Bonchev–Trinajstić information content (AvgIpc) is 2.49. The molecule has 0 atom stereocenters. The van der Waals surface area contributed by atoms with Crippen LogP contribution >= 0.6 is 12.0 Å². The standard InChI is InChI=1S/C13H25NO5S2/c15-18-19-20-11-21(16,17)14(12-7-3-1-4-8-12)13-9-5-2-6-10-13/h12-13,15H,1-11H2. The Kier molecular flexibility index (Phi) is 7.24. The van der Waals surface area contributed by atoms with Gasteiger partial charge in [0.1, 0.15) is 5.08 Å². The lowest BCUT2D eigenvalue weighted by Gasteiger charge is -2.40. The van der Waals surface area contributed by atoms with Gasteiger partial charge in [0.15, 0.2) is 0 Å². The number of hydrogen-bond acceptors (Lipinski definition) is 6. The number of rotatable bonds is 7. The van der Waals surface area contributed by atoms with Crippen molar-refractivity contribution >= 4 is 22.1 Å². The minimum atomic E-state index is -3.41. The fourth-order valence-corrected chi connectivity index (χ4v) is 6.09. The molecule has 0 unspecified atom stereocenters. The maximum absolute atomic E-state index is 12.7. The van der Waals surface area contributed by atoms with Crippen LogP contribution in [-0.4, -0.2) is 35.1 Å². The Morgan fingerprint density at radius 1 is 0.952 bits per heavy atom. The van der Waals surface area contributed by atoms with Crippen molar-refractivity contribution in [1.29, 1.82) is 0 Å². The van der Waals surface area contributed by atoms with Crippen molar-refractivity contribution in [1.82, 2.24) is 4.31 Å². The van der Waals surface area contributed by atoms with E-state index in [4.69, 9.17) is 5.26 Å². The Labute approximate surface area is 131 Å². The zero-order chi connectivity index (χ0) is 15.1. The van der Waals surface area contributed by atoms with E-state index in [-0.39, 0.29) is 17.2 Å². The molecule has 2 aliphatic carbocycles. The van der Waals surface area contributed by atoms with Crippen LogP contribution in [0.2, 0.25) is 0 Å². The van der Waals surface area contributed by atoms with Crippen molar-refractivity contribution in [3.8, 4) is 0 Å². The Morgan fingerprint density at radius 2 is 1.43 bits per heavy atom. The summed E-state index contributed by atoms with van der Waals surface area (Å²) in [6.45, 7) is 0. The minimum absolute atomic E-state index is 0.127. The van der Waals surface area contributed by atoms with Gasteiger partial charge in [-0.1, -0.05) is 43.6 Å². The third kappa shape index (κ3) is 5.07. The molecular formula is C13H25NO5S2. The van der Waals surface area contributed by atoms with E-state index in [9.17, 15) is 8.42 Å². The van der Waals surface area contributed by atoms with E-state index < -0.39 is 10.0 Å². The maximum atomic E-state index is 12.7. The lowest BCUT2D eigenvalue weighted by atomic mass is 9.91. The fraction of sp³-hybridized carbons (Fsp3) is 1.00. The summed E-state index contributed by atoms with van der Waals surface area (Å²) in [7, 11) is -3.41. The molecule has 0 saturated heterocycles. The first-order valence-corrected chi connectivity index (χ1v) is 10.3. The second kappa shape index (κ2) is 8.69. The summed E-state index contributed by atoms with van der Waals surface area (Å²) in [5.74, 6) is 0. The Balaban J connectivity index is 2.09. The Hall–Kier alpha value is 0.140. The monoisotopic (exact) mass is 339 g/mol. The van der Waals surface area contributed by atoms with E-state index >= 15 is 0 Å². The van der Waals surface area contributed by atoms with Gasteiger partial charge in [-0.3, -0.25) is 0 Å². The highest BCUT2D eigenvalue weighted by atomic mass is 32.3. The molecule has 21 heavy (non-hydrogen) atoms. The van der Waals surface area contributed by atoms with Gasteiger partial charge in [0, 0.05) is 12.1 Å². The van der Waals surface area contributed by atoms with E-state index in [1.807, 2.05) is 0 Å². The Morgan fingerprint density at radius 3 is 1.86 bits per heavy atom. The highest BCUT2D eigenvalue weighted by Crippen LogP contribution is 2.33. The second-order valence-corrected chi connectivity index (χ2v) is 8.80. The van der Waals surface area contributed by atoms with Gasteiger partial charge >= 0.3 is 0 Å². The lowest BCUT2D eigenvalue weighted by Crippen LogP contribution is -2.49. The molecule has 0 aliphatic heterocycles. The summed E-state index contributed by atoms with van der Waals surface area (Å²) in [6, 6.07) is 0.255. The predicted octanol–water partition coefficient (Wildman–Crippen LogP) is 3.31. The predicted molar refractivity (Wildman–Crippen MR) is 81.8 cm³/mol. The van der Waals surface area contributed by atoms with Gasteiger partial charge in [-0.25, -0.2) is 13.7 Å². The van der Waals surface area contributed by atoms with E-state index in [1.165, 1.54) is 12.8 Å². The molecule has 0 spiro atoms. The van der Waals surface area contributed by atoms with Gasteiger partial charge < -0.3 is 0 Å². The van der Waals surface area contributed by atoms with Gasteiger partial charge in [0.25, 0.3) is 0 Å². The van der Waals surface area contributed by atoms with Crippen LogP contribution in [0, 0.1) is 0 Å². The topological polar surface area (TPSA) is 76.1 Å². The average molecular weight is 339 g/mol. The molecule has 2 aliphatic rings. The molecule has 8 heteroatoms. The van der Waals surface area contributed by atoms with Crippen LogP contribution in [0.1, 0.15) is 64.2 Å². The van der Waals surface area contributed by atoms with Crippen molar-refractivity contribution in [2.45, 2.75) is 76.3 Å². The molecule has 0 bridgehead atoms. The summed E-state index contributed by atoms with van der Waals surface area (Å²) < 4.78 is 31.4. The van der Waals surface area contributed by atoms with Gasteiger partial charge in [-0.15, -0.1) is 4.33 Å². The van der Waals surface area contributed by atoms with E-state index in [0.717, 1.165) is 51.4 Å². The molecule has 0 aromatic carbocycles. The molecule has 0 radical (unpaired) electrons. The summed E-state index contributed by atoms with van der Waals surface area (Å²) in [5.41, 5.74) is 0. The van der Waals surface area contributed by atoms with Crippen molar-refractivity contribution < 1.29 is 23.0 Å². The van der Waals surface area contributed by atoms with E-state index in [0.29, 0.717) is 12.0 Å². The molecular weight excluding hydrogens is 314 g/mol. The van der Waals surface area contributed by atoms with Crippen LogP contribution in [0.25, 0.3) is 0 Å². The zero-order valence-corrected chi connectivity index (χ0v) is 13.9.